The van der Waals surface area contributed by atoms with Crippen LogP contribution < -0.4 is 5.32 Å². The van der Waals surface area contributed by atoms with Crippen molar-refractivity contribution in [3.05, 3.63) is 0 Å². The summed E-state index contributed by atoms with van der Waals surface area (Å²) < 4.78 is 0. The molecule has 1 fully saturated rings. The van der Waals surface area contributed by atoms with Crippen molar-refractivity contribution in [3.63, 3.8) is 0 Å². The molecule has 0 saturated carbocycles. The molecule has 0 aromatic carbocycles. The Hall–Kier alpha value is 0.170. The van der Waals surface area contributed by atoms with Gasteiger partial charge in [0, 0.05) is 19.1 Å². The molecule has 1 aliphatic heterocycles. The number of rotatable bonds is 3. The highest BCUT2D eigenvalue weighted by molar-refractivity contribution is 5.85. The molecule has 0 amide bonds. The van der Waals surface area contributed by atoms with Crippen LogP contribution >= 0.6 is 12.4 Å². The number of hydrogen-bond donors (Lipinski definition) is 3. The molecule has 0 bridgehead atoms. The average molecular weight is 196 g/mol. The van der Waals surface area contributed by atoms with Gasteiger partial charge in [0.2, 0.25) is 0 Å². The molecule has 0 aliphatic carbocycles. The van der Waals surface area contributed by atoms with Crippen LogP contribution in [0.2, 0.25) is 0 Å². The van der Waals surface area contributed by atoms with Crippen LogP contribution in [-0.2, 0) is 0 Å². The summed E-state index contributed by atoms with van der Waals surface area (Å²) in [4.78, 5) is 0. The minimum absolute atomic E-state index is 0. The molecule has 0 atom stereocenters. The topological polar surface area (TPSA) is 52.5 Å². The highest BCUT2D eigenvalue weighted by Crippen LogP contribution is 2.20. The summed E-state index contributed by atoms with van der Waals surface area (Å²) in [6.07, 6.45) is 2.18. The van der Waals surface area contributed by atoms with Crippen LogP contribution in [0.5, 0.6) is 0 Å². The predicted molar refractivity (Wildman–Crippen MR) is 50.5 cm³/mol. The van der Waals surface area contributed by atoms with E-state index in [9.17, 15) is 0 Å². The van der Waals surface area contributed by atoms with Gasteiger partial charge in [-0.1, -0.05) is 0 Å². The SMILES string of the molecule is Cl.OCC(CO)C1CCNCC1. The van der Waals surface area contributed by atoms with Gasteiger partial charge in [0.1, 0.15) is 0 Å². The van der Waals surface area contributed by atoms with Crippen LogP contribution in [-0.4, -0.2) is 36.5 Å². The number of aliphatic hydroxyl groups excluding tert-OH is 2. The fraction of sp³-hybridized carbons (Fsp3) is 1.00. The molecule has 3 nitrogen and oxygen atoms in total. The molecule has 1 heterocycles. The standard InChI is InChI=1S/C8H17NO2.ClH/c10-5-8(6-11)7-1-3-9-4-2-7;/h7-11H,1-6H2;1H. The van der Waals surface area contributed by atoms with E-state index in [0.29, 0.717) is 5.92 Å². The zero-order valence-corrected chi connectivity index (χ0v) is 8.02. The lowest BCUT2D eigenvalue weighted by Crippen LogP contribution is -2.34. The van der Waals surface area contributed by atoms with Gasteiger partial charge in [0.15, 0.2) is 0 Å². The van der Waals surface area contributed by atoms with Crippen molar-refractivity contribution in [2.75, 3.05) is 26.3 Å². The van der Waals surface area contributed by atoms with E-state index in [1.807, 2.05) is 0 Å². The van der Waals surface area contributed by atoms with Gasteiger partial charge in [-0.05, 0) is 31.8 Å². The molecule has 0 unspecified atom stereocenters. The minimum Gasteiger partial charge on any atom is -0.396 e. The highest BCUT2D eigenvalue weighted by Gasteiger charge is 2.21. The summed E-state index contributed by atoms with van der Waals surface area (Å²) in [5.41, 5.74) is 0. The first kappa shape index (κ1) is 12.2. The Bertz CT molecular complexity index is 103. The van der Waals surface area contributed by atoms with Crippen LogP contribution in [0.4, 0.5) is 0 Å². The third-order valence-corrected chi connectivity index (χ3v) is 2.52. The Labute approximate surface area is 79.6 Å². The lowest BCUT2D eigenvalue weighted by Gasteiger charge is -2.28. The molecular weight excluding hydrogens is 178 g/mol. The maximum Gasteiger partial charge on any atom is 0.0483 e. The maximum atomic E-state index is 8.90. The van der Waals surface area contributed by atoms with E-state index < -0.39 is 0 Å². The Morgan fingerprint density at radius 1 is 1.17 bits per heavy atom. The number of nitrogens with one attached hydrogen (secondary N) is 1. The van der Waals surface area contributed by atoms with Crippen LogP contribution in [0.25, 0.3) is 0 Å². The van der Waals surface area contributed by atoms with E-state index in [-0.39, 0.29) is 31.5 Å². The third-order valence-electron chi connectivity index (χ3n) is 2.52. The van der Waals surface area contributed by atoms with Crippen LogP contribution in [0.1, 0.15) is 12.8 Å². The molecule has 0 aromatic rings. The molecule has 3 N–H and O–H groups in total. The fourth-order valence-corrected chi connectivity index (χ4v) is 1.67. The Morgan fingerprint density at radius 3 is 2.08 bits per heavy atom. The maximum absolute atomic E-state index is 8.90. The molecule has 0 aromatic heterocycles. The molecule has 4 heteroatoms. The lowest BCUT2D eigenvalue weighted by atomic mass is 9.86. The van der Waals surface area contributed by atoms with E-state index in [2.05, 4.69) is 5.32 Å². The lowest BCUT2D eigenvalue weighted by molar-refractivity contribution is 0.0917. The first-order valence-corrected chi connectivity index (χ1v) is 4.31. The zero-order chi connectivity index (χ0) is 8.10. The number of piperidine rings is 1. The summed E-state index contributed by atoms with van der Waals surface area (Å²) in [5, 5.41) is 21.1. The van der Waals surface area contributed by atoms with Gasteiger partial charge in [-0.2, -0.15) is 0 Å². The second-order valence-electron chi connectivity index (χ2n) is 3.21. The van der Waals surface area contributed by atoms with Gasteiger partial charge in [-0.15, -0.1) is 12.4 Å². The summed E-state index contributed by atoms with van der Waals surface area (Å²) in [5.74, 6) is 0.628. The van der Waals surface area contributed by atoms with Gasteiger partial charge in [0.05, 0.1) is 0 Å². The molecule has 74 valence electrons. The fourth-order valence-electron chi connectivity index (χ4n) is 1.67. The van der Waals surface area contributed by atoms with Crippen molar-refractivity contribution in [1.29, 1.82) is 0 Å². The number of halogens is 1. The third kappa shape index (κ3) is 3.27. The van der Waals surface area contributed by atoms with Crippen LogP contribution in [0.3, 0.4) is 0 Å². The van der Waals surface area contributed by atoms with Crippen molar-refractivity contribution >= 4 is 12.4 Å². The van der Waals surface area contributed by atoms with Gasteiger partial charge in [0.25, 0.3) is 0 Å². The van der Waals surface area contributed by atoms with Gasteiger partial charge < -0.3 is 15.5 Å². The summed E-state index contributed by atoms with van der Waals surface area (Å²) in [6.45, 7) is 2.31. The second kappa shape index (κ2) is 6.66. The van der Waals surface area contributed by atoms with Crippen molar-refractivity contribution in [3.8, 4) is 0 Å². The predicted octanol–water partition coefficient (Wildman–Crippen LogP) is 0.00860. The van der Waals surface area contributed by atoms with E-state index in [1.165, 1.54) is 0 Å². The van der Waals surface area contributed by atoms with Gasteiger partial charge >= 0.3 is 0 Å². The second-order valence-corrected chi connectivity index (χ2v) is 3.21. The molecule has 0 radical (unpaired) electrons. The highest BCUT2D eigenvalue weighted by atomic mass is 35.5. The van der Waals surface area contributed by atoms with Crippen molar-refractivity contribution < 1.29 is 10.2 Å². The van der Waals surface area contributed by atoms with Crippen LogP contribution in [0, 0.1) is 11.8 Å². The van der Waals surface area contributed by atoms with E-state index in [4.69, 9.17) is 10.2 Å². The van der Waals surface area contributed by atoms with E-state index in [1.54, 1.807) is 0 Å². The Kier molecular flexibility index (Phi) is 6.76. The van der Waals surface area contributed by atoms with Crippen molar-refractivity contribution in [2.45, 2.75) is 12.8 Å². The smallest absolute Gasteiger partial charge is 0.0483 e. The minimum atomic E-state index is 0. The zero-order valence-electron chi connectivity index (χ0n) is 7.20. The number of aliphatic hydroxyl groups is 2. The normalized spacial score (nSPS) is 19.2. The van der Waals surface area contributed by atoms with Gasteiger partial charge in [-0.25, -0.2) is 0 Å². The largest absolute Gasteiger partial charge is 0.396 e. The van der Waals surface area contributed by atoms with E-state index >= 15 is 0 Å². The summed E-state index contributed by atoms with van der Waals surface area (Å²) in [6, 6.07) is 0. The van der Waals surface area contributed by atoms with E-state index in [0.717, 1.165) is 25.9 Å². The van der Waals surface area contributed by atoms with Gasteiger partial charge in [-0.3, -0.25) is 0 Å². The molecular formula is C8H18ClNO2. The summed E-state index contributed by atoms with van der Waals surface area (Å²) in [7, 11) is 0. The Balaban J connectivity index is 0.00000121. The Morgan fingerprint density at radius 2 is 1.67 bits per heavy atom. The van der Waals surface area contributed by atoms with Crippen LogP contribution in [0.15, 0.2) is 0 Å². The molecule has 1 rings (SSSR count). The first-order valence-electron chi connectivity index (χ1n) is 4.31. The average Bonchev–Trinajstić information content (AvgIpc) is 2.09. The molecule has 0 spiro atoms. The molecule has 12 heavy (non-hydrogen) atoms. The number of hydrogen-bond acceptors (Lipinski definition) is 3. The monoisotopic (exact) mass is 195 g/mol. The van der Waals surface area contributed by atoms with Crippen molar-refractivity contribution in [2.24, 2.45) is 11.8 Å². The molecule has 1 saturated heterocycles. The first-order chi connectivity index (χ1) is 5.38. The van der Waals surface area contributed by atoms with Crippen molar-refractivity contribution in [1.82, 2.24) is 5.32 Å². The summed E-state index contributed by atoms with van der Waals surface area (Å²) >= 11 is 0. The molecule has 1 aliphatic rings. The quantitative estimate of drug-likeness (QED) is 0.595.